The SMILES string of the molecule is CC(C)c1cc(C(C)C)c2c(c1)C(C)(C)NS2(=O)=O. The summed E-state index contributed by atoms with van der Waals surface area (Å²) in [6, 6.07) is 4.10. The highest BCUT2D eigenvalue weighted by Gasteiger charge is 2.42. The predicted octanol–water partition coefficient (Wildman–Crippen LogP) is 3.46. The number of sulfonamides is 1. The average Bonchev–Trinajstić information content (AvgIpc) is 2.43. The molecule has 1 aliphatic rings. The molecule has 0 bridgehead atoms. The first-order valence-corrected chi connectivity index (χ1v) is 8.27. The van der Waals surface area contributed by atoms with E-state index in [4.69, 9.17) is 0 Å². The van der Waals surface area contributed by atoms with E-state index in [0.29, 0.717) is 10.8 Å². The Morgan fingerprint density at radius 3 is 2.11 bits per heavy atom. The topological polar surface area (TPSA) is 46.2 Å². The molecule has 0 spiro atoms. The summed E-state index contributed by atoms with van der Waals surface area (Å²) in [5.74, 6) is 0.583. The van der Waals surface area contributed by atoms with Crippen molar-refractivity contribution in [3.05, 3.63) is 28.8 Å². The number of hydrogen-bond donors (Lipinski definition) is 1. The van der Waals surface area contributed by atoms with Gasteiger partial charge >= 0.3 is 0 Å². The quantitative estimate of drug-likeness (QED) is 0.902. The zero-order valence-corrected chi connectivity index (χ0v) is 13.4. The van der Waals surface area contributed by atoms with E-state index in [-0.39, 0.29) is 5.92 Å². The minimum Gasteiger partial charge on any atom is -0.207 e. The molecule has 0 fully saturated rings. The molecule has 1 aliphatic heterocycles. The molecule has 0 radical (unpaired) electrons. The number of fused-ring (bicyclic) bond motifs is 1. The fourth-order valence-corrected chi connectivity index (χ4v) is 4.74. The van der Waals surface area contributed by atoms with Crippen LogP contribution in [-0.2, 0) is 15.6 Å². The van der Waals surface area contributed by atoms with Crippen molar-refractivity contribution >= 4 is 10.0 Å². The Bertz CT molecular complexity index is 613. The lowest BCUT2D eigenvalue weighted by atomic mass is 9.87. The minimum absolute atomic E-state index is 0.193. The fraction of sp³-hybridized carbons (Fsp3) is 0.600. The van der Waals surface area contributed by atoms with Gasteiger partial charge in [-0.1, -0.05) is 39.8 Å². The smallest absolute Gasteiger partial charge is 0.207 e. The van der Waals surface area contributed by atoms with Gasteiger partial charge in [0.05, 0.1) is 10.4 Å². The van der Waals surface area contributed by atoms with Gasteiger partial charge in [0, 0.05) is 0 Å². The molecule has 0 amide bonds. The Morgan fingerprint density at radius 1 is 1.05 bits per heavy atom. The molecule has 4 heteroatoms. The molecule has 0 saturated carbocycles. The molecule has 1 N–H and O–H groups in total. The summed E-state index contributed by atoms with van der Waals surface area (Å²) < 4.78 is 27.5. The van der Waals surface area contributed by atoms with Crippen molar-refractivity contribution in [1.82, 2.24) is 4.72 Å². The van der Waals surface area contributed by atoms with Gasteiger partial charge in [0.25, 0.3) is 0 Å². The molecule has 106 valence electrons. The zero-order chi connectivity index (χ0) is 14.6. The molecule has 19 heavy (non-hydrogen) atoms. The summed E-state index contributed by atoms with van der Waals surface area (Å²) in [5, 5.41) is 0. The highest BCUT2D eigenvalue weighted by molar-refractivity contribution is 7.90. The lowest BCUT2D eigenvalue weighted by molar-refractivity contribution is 0.493. The zero-order valence-electron chi connectivity index (χ0n) is 12.5. The summed E-state index contributed by atoms with van der Waals surface area (Å²) in [6.07, 6.45) is 0. The molecule has 0 atom stereocenters. The number of nitrogens with one attached hydrogen (secondary N) is 1. The first-order valence-electron chi connectivity index (χ1n) is 6.78. The highest BCUT2D eigenvalue weighted by atomic mass is 32.2. The van der Waals surface area contributed by atoms with Crippen LogP contribution in [0.25, 0.3) is 0 Å². The van der Waals surface area contributed by atoms with Crippen LogP contribution in [0.2, 0.25) is 0 Å². The summed E-state index contributed by atoms with van der Waals surface area (Å²) in [6.45, 7) is 12.2. The van der Waals surface area contributed by atoms with Crippen molar-refractivity contribution in [3.8, 4) is 0 Å². The molecule has 0 unspecified atom stereocenters. The van der Waals surface area contributed by atoms with Crippen LogP contribution in [0.3, 0.4) is 0 Å². The van der Waals surface area contributed by atoms with Gasteiger partial charge in [-0.05, 0) is 42.4 Å². The van der Waals surface area contributed by atoms with Gasteiger partial charge in [-0.25, -0.2) is 13.1 Å². The van der Waals surface area contributed by atoms with Gasteiger partial charge in [-0.15, -0.1) is 0 Å². The van der Waals surface area contributed by atoms with Gasteiger partial charge in [-0.2, -0.15) is 0 Å². The third-order valence-electron chi connectivity index (χ3n) is 3.76. The van der Waals surface area contributed by atoms with Gasteiger partial charge in [0.15, 0.2) is 0 Å². The Kier molecular flexibility index (Phi) is 3.30. The van der Waals surface area contributed by atoms with E-state index in [9.17, 15) is 8.42 Å². The lowest BCUT2D eigenvalue weighted by Crippen LogP contribution is -2.32. The van der Waals surface area contributed by atoms with E-state index in [1.54, 1.807) is 0 Å². The molecule has 0 aromatic heterocycles. The number of benzene rings is 1. The van der Waals surface area contributed by atoms with Crippen LogP contribution in [0.1, 0.15) is 70.1 Å². The summed E-state index contributed by atoms with van der Waals surface area (Å²) >= 11 is 0. The van der Waals surface area contributed by atoms with Crippen LogP contribution in [0.4, 0.5) is 0 Å². The van der Waals surface area contributed by atoms with Crippen molar-refractivity contribution in [2.45, 2.75) is 63.8 Å². The van der Waals surface area contributed by atoms with Crippen molar-refractivity contribution < 1.29 is 8.42 Å². The van der Waals surface area contributed by atoms with E-state index in [1.807, 2.05) is 33.8 Å². The average molecular weight is 281 g/mol. The predicted molar refractivity (Wildman–Crippen MR) is 78.0 cm³/mol. The molecular formula is C15H23NO2S. The van der Waals surface area contributed by atoms with Gasteiger partial charge in [0.1, 0.15) is 0 Å². The van der Waals surface area contributed by atoms with Crippen molar-refractivity contribution in [2.24, 2.45) is 0 Å². The monoisotopic (exact) mass is 281 g/mol. The van der Waals surface area contributed by atoms with E-state index in [0.717, 1.165) is 11.1 Å². The molecule has 2 rings (SSSR count). The number of rotatable bonds is 2. The molecule has 1 heterocycles. The molecular weight excluding hydrogens is 258 g/mol. The Morgan fingerprint density at radius 2 is 1.63 bits per heavy atom. The van der Waals surface area contributed by atoms with Gasteiger partial charge in [-0.3, -0.25) is 0 Å². The summed E-state index contributed by atoms with van der Waals surface area (Å²) in [4.78, 5) is 0.497. The normalized spacial score (nSPS) is 20.0. The van der Waals surface area contributed by atoms with E-state index < -0.39 is 15.6 Å². The van der Waals surface area contributed by atoms with Crippen molar-refractivity contribution in [3.63, 3.8) is 0 Å². The molecule has 0 saturated heterocycles. The maximum absolute atomic E-state index is 12.4. The fourth-order valence-electron chi connectivity index (χ4n) is 2.64. The first-order chi connectivity index (χ1) is 8.56. The lowest BCUT2D eigenvalue weighted by Gasteiger charge is -2.20. The summed E-state index contributed by atoms with van der Waals surface area (Å²) in [7, 11) is -3.38. The second-order valence-electron chi connectivity index (χ2n) is 6.53. The van der Waals surface area contributed by atoms with Crippen LogP contribution in [0.5, 0.6) is 0 Å². The molecule has 3 nitrogen and oxygen atoms in total. The first kappa shape index (κ1) is 14.5. The van der Waals surface area contributed by atoms with Crippen LogP contribution in [0.15, 0.2) is 17.0 Å². The second-order valence-corrected chi connectivity index (χ2v) is 8.15. The number of hydrogen-bond acceptors (Lipinski definition) is 2. The maximum atomic E-state index is 12.4. The van der Waals surface area contributed by atoms with E-state index >= 15 is 0 Å². The maximum Gasteiger partial charge on any atom is 0.241 e. The third-order valence-corrected chi connectivity index (χ3v) is 5.53. The molecule has 0 aliphatic carbocycles. The van der Waals surface area contributed by atoms with Crippen LogP contribution < -0.4 is 4.72 Å². The van der Waals surface area contributed by atoms with Gasteiger partial charge in [0.2, 0.25) is 10.0 Å². The third kappa shape index (κ3) is 2.32. The van der Waals surface area contributed by atoms with E-state index in [2.05, 4.69) is 24.6 Å². The highest BCUT2D eigenvalue weighted by Crippen LogP contribution is 2.41. The van der Waals surface area contributed by atoms with Crippen LogP contribution in [0, 0.1) is 0 Å². The Hall–Kier alpha value is -0.870. The Balaban J connectivity index is 2.85. The van der Waals surface area contributed by atoms with Gasteiger partial charge < -0.3 is 0 Å². The van der Waals surface area contributed by atoms with E-state index in [1.165, 1.54) is 5.56 Å². The van der Waals surface area contributed by atoms with Crippen LogP contribution in [-0.4, -0.2) is 8.42 Å². The summed E-state index contributed by atoms with van der Waals surface area (Å²) in [5.41, 5.74) is 2.51. The Labute approximate surface area is 116 Å². The minimum atomic E-state index is -3.38. The molecule has 1 aromatic rings. The largest absolute Gasteiger partial charge is 0.241 e. The second kappa shape index (κ2) is 4.32. The van der Waals surface area contributed by atoms with Crippen LogP contribution >= 0.6 is 0 Å². The van der Waals surface area contributed by atoms with Crippen molar-refractivity contribution in [1.29, 1.82) is 0 Å². The molecule has 1 aromatic carbocycles. The standard InChI is InChI=1S/C15H23NO2S/c1-9(2)11-7-12(10(3)4)14-13(8-11)15(5,6)16-19(14,17)18/h7-10,16H,1-6H3. The van der Waals surface area contributed by atoms with Crippen molar-refractivity contribution in [2.75, 3.05) is 0 Å².